The number of phenolic OH excluding ortho intramolecular Hbond substituents is 1. The molecule has 2 aromatic carbocycles. The number of hydrogen-bond acceptors (Lipinski definition) is 12. The first-order chi connectivity index (χ1) is 31.6. The Hall–Kier alpha value is -6.44. The summed E-state index contributed by atoms with van der Waals surface area (Å²) in [7, 11) is 0. The van der Waals surface area contributed by atoms with Crippen LogP contribution < -0.4 is 32.0 Å². The summed E-state index contributed by atoms with van der Waals surface area (Å²) in [5.41, 5.74) is 3.05. The first-order valence-electron chi connectivity index (χ1n) is 22.3. The van der Waals surface area contributed by atoms with Crippen LogP contribution in [0.15, 0.2) is 63.8 Å². The fraction of sp³-hybridized carbons (Fsp3) is 0.447. The monoisotopic (exact) mass is 931 g/mol. The zero-order valence-corrected chi connectivity index (χ0v) is 38.4. The first-order valence-corrected chi connectivity index (χ1v) is 22.7. The van der Waals surface area contributed by atoms with E-state index >= 15 is 0 Å². The lowest BCUT2D eigenvalue weighted by Crippen LogP contribution is -2.31. The van der Waals surface area contributed by atoms with Gasteiger partial charge >= 0.3 is 0 Å². The van der Waals surface area contributed by atoms with Crippen molar-refractivity contribution in [1.29, 1.82) is 0 Å². The van der Waals surface area contributed by atoms with Crippen LogP contribution in [0.2, 0.25) is 0 Å². The molecule has 1 aliphatic heterocycles. The number of anilines is 1. The highest BCUT2D eigenvalue weighted by atomic mass is 32.1. The average Bonchev–Trinajstić information content (AvgIpc) is 3.28. The number of phenols is 1. The number of nitrogens with one attached hydrogen (secondary N) is 5. The van der Waals surface area contributed by atoms with Crippen molar-refractivity contribution in [3.05, 3.63) is 70.4 Å². The SMILES string of the molecule is CC(=O)c1cc(NC(=S)NCCCCCN(O)C(=O)CCC(=O)NCCCCCNC(=O)CCC(=O)NCCCCCN(O)C(C)=O)ccc1-c1c2ccc(=O)cc-2oc2cc(O)ccc12. The zero-order valence-electron chi connectivity index (χ0n) is 37.5. The number of unbranched alkanes of at least 4 members (excludes halogenated alkanes) is 6. The first kappa shape index (κ1) is 52.2. The fourth-order valence-corrected chi connectivity index (χ4v) is 7.24. The van der Waals surface area contributed by atoms with Crippen molar-refractivity contribution >= 4 is 69.3 Å². The standard InChI is InChI=1S/C47H61N7O11S/c1-31(55)39-28-33(12-15-36(39)46-37-16-13-34(57)29-40(37)65-41-30-35(58)14-17-38(41)46)52-47(66)51-25-9-5-11-27-54(64)45(62)21-20-44(61)50-23-7-3-6-22-48-42(59)18-19-43(60)49-24-8-4-10-26-53(63)32(2)56/h12-17,28-30,57,63-64H,3-11,18-27H2,1-2H3,(H,48,59)(H,49,60)(H,50,61)(H2,51,52,66). The summed E-state index contributed by atoms with van der Waals surface area (Å²) in [5, 5.41) is 46.4. The third kappa shape index (κ3) is 17.5. The van der Waals surface area contributed by atoms with Crippen molar-refractivity contribution in [2.24, 2.45) is 0 Å². The van der Waals surface area contributed by atoms with Gasteiger partial charge in [-0.2, -0.15) is 0 Å². The predicted molar refractivity (Wildman–Crippen MR) is 252 cm³/mol. The third-order valence-corrected chi connectivity index (χ3v) is 10.8. The van der Waals surface area contributed by atoms with Gasteiger partial charge < -0.3 is 36.1 Å². The van der Waals surface area contributed by atoms with Gasteiger partial charge in [-0.3, -0.25) is 44.0 Å². The smallest absolute Gasteiger partial charge is 0.246 e. The highest BCUT2D eigenvalue weighted by Gasteiger charge is 2.22. The van der Waals surface area contributed by atoms with E-state index in [1.165, 1.54) is 38.1 Å². The summed E-state index contributed by atoms with van der Waals surface area (Å²) >= 11 is 5.49. The summed E-state index contributed by atoms with van der Waals surface area (Å²) < 4.78 is 5.95. The van der Waals surface area contributed by atoms with Crippen molar-refractivity contribution in [3.63, 3.8) is 0 Å². The molecule has 2 aromatic rings. The molecule has 0 atom stereocenters. The molecular formula is C47H61N7O11S. The second-order valence-electron chi connectivity index (χ2n) is 15.9. The van der Waals surface area contributed by atoms with E-state index in [4.69, 9.17) is 16.6 Å². The summed E-state index contributed by atoms with van der Waals surface area (Å²) in [5.74, 6) is -1.57. The van der Waals surface area contributed by atoms with E-state index in [1.807, 2.05) is 0 Å². The van der Waals surface area contributed by atoms with E-state index < -0.39 is 11.8 Å². The molecule has 0 saturated heterocycles. The van der Waals surface area contributed by atoms with Crippen LogP contribution in [-0.4, -0.2) is 105 Å². The maximum atomic E-state index is 13.0. The van der Waals surface area contributed by atoms with Crippen LogP contribution in [0.3, 0.4) is 0 Å². The summed E-state index contributed by atoms with van der Waals surface area (Å²) in [4.78, 5) is 84.7. The summed E-state index contributed by atoms with van der Waals surface area (Å²) in [6, 6.07) is 14.5. The van der Waals surface area contributed by atoms with Gasteiger partial charge in [0.25, 0.3) is 0 Å². The van der Waals surface area contributed by atoms with Crippen LogP contribution in [0.25, 0.3) is 33.4 Å². The number of ketones is 1. The lowest BCUT2D eigenvalue weighted by molar-refractivity contribution is -0.166. The summed E-state index contributed by atoms with van der Waals surface area (Å²) in [6.45, 7) is 4.93. The quantitative estimate of drug-likeness (QED) is 0.00900. The molecule has 4 rings (SSSR count). The van der Waals surface area contributed by atoms with E-state index in [0.717, 1.165) is 12.8 Å². The van der Waals surface area contributed by atoms with Crippen LogP contribution in [0, 0.1) is 0 Å². The molecule has 18 nitrogen and oxygen atoms in total. The van der Waals surface area contributed by atoms with Gasteiger partial charge in [0.15, 0.2) is 16.3 Å². The number of fused-ring (bicyclic) bond motifs is 2. The average molecular weight is 932 g/mol. The minimum absolute atomic E-state index is 0.00385. The van der Waals surface area contributed by atoms with Crippen LogP contribution in [-0.2, 0) is 24.0 Å². The molecule has 66 heavy (non-hydrogen) atoms. The Morgan fingerprint density at radius 2 is 1.17 bits per heavy atom. The molecular weight excluding hydrogens is 871 g/mol. The predicted octanol–water partition coefficient (Wildman–Crippen LogP) is 5.63. The third-order valence-electron chi connectivity index (χ3n) is 10.6. The molecule has 19 heteroatoms. The number of hydroxylamine groups is 4. The minimum atomic E-state index is -0.546. The molecule has 0 saturated carbocycles. The number of aromatic hydroxyl groups is 1. The molecule has 0 unspecified atom stereocenters. The van der Waals surface area contributed by atoms with Crippen molar-refractivity contribution in [2.75, 3.05) is 44.6 Å². The van der Waals surface area contributed by atoms with Gasteiger partial charge in [-0.25, -0.2) is 10.1 Å². The Kier molecular flexibility index (Phi) is 21.5. The van der Waals surface area contributed by atoms with E-state index in [2.05, 4.69) is 26.6 Å². The van der Waals surface area contributed by atoms with E-state index in [0.29, 0.717) is 131 Å². The van der Waals surface area contributed by atoms with Crippen LogP contribution in [0.1, 0.15) is 108 Å². The van der Waals surface area contributed by atoms with Crippen molar-refractivity contribution in [2.45, 2.75) is 97.3 Å². The topological polar surface area (TPSA) is 260 Å². The second-order valence-corrected chi connectivity index (χ2v) is 16.3. The number of Topliss-reactive ketones (excluding diaryl/α,β-unsaturated/α-hetero) is 1. The highest BCUT2D eigenvalue weighted by molar-refractivity contribution is 7.80. The van der Waals surface area contributed by atoms with Gasteiger partial charge in [-0.1, -0.05) is 6.07 Å². The number of rotatable bonds is 27. The molecule has 0 aromatic heterocycles. The second kappa shape index (κ2) is 27.1. The lowest BCUT2D eigenvalue weighted by Gasteiger charge is -2.18. The molecule has 1 heterocycles. The van der Waals surface area contributed by atoms with Crippen molar-refractivity contribution in [1.82, 2.24) is 31.4 Å². The van der Waals surface area contributed by atoms with Crippen LogP contribution in [0.5, 0.6) is 5.75 Å². The van der Waals surface area contributed by atoms with E-state index in [9.17, 15) is 49.1 Å². The lowest BCUT2D eigenvalue weighted by atomic mass is 9.89. The Bertz CT molecular complexity index is 2350. The highest BCUT2D eigenvalue weighted by Crippen LogP contribution is 2.42. The molecule has 0 fully saturated rings. The van der Waals surface area contributed by atoms with Crippen LogP contribution >= 0.6 is 12.2 Å². The molecule has 0 spiro atoms. The molecule has 2 aliphatic rings. The van der Waals surface area contributed by atoms with Gasteiger partial charge in [0, 0.05) is 112 Å². The minimum Gasteiger partial charge on any atom is -0.508 e. The number of hydrogen-bond donors (Lipinski definition) is 8. The largest absolute Gasteiger partial charge is 0.508 e. The van der Waals surface area contributed by atoms with E-state index in [1.54, 1.807) is 30.3 Å². The maximum absolute atomic E-state index is 13.0. The molecule has 356 valence electrons. The Labute approximate surface area is 388 Å². The zero-order chi connectivity index (χ0) is 48.0. The van der Waals surface area contributed by atoms with Crippen LogP contribution in [0.4, 0.5) is 5.69 Å². The number of benzene rings is 3. The Balaban J connectivity index is 1.03. The fourth-order valence-electron chi connectivity index (χ4n) is 7.02. The van der Waals surface area contributed by atoms with Gasteiger partial charge in [0.05, 0.1) is 0 Å². The number of amides is 5. The number of carbonyl (C=O) groups is 6. The van der Waals surface area contributed by atoms with Gasteiger partial charge in [-0.05, 0) is 119 Å². The number of nitrogens with zero attached hydrogens (tertiary/aromatic N) is 2. The maximum Gasteiger partial charge on any atom is 0.246 e. The number of carbonyl (C=O) groups excluding carboxylic acids is 6. The number of thiocarbonyl (C=S) groups is 1. The Morgan fingerprint density at radius 3 is 1.76 bits per heavy atom. The van der Waals surface area contributed by atoms with Crippen molar-refractivity contribution < 1.29 is 48.7 Å². The van der Waals surface area contributed by atoms with Gasteiger partial charge in [-0.15, -0.1) is 0 Å². The molecule has 5 amide bonds. The van der Waals surface area contributed by atoms with Crippen molar-refractivity contribution in [3.8, 4) is 28.2 Å². The molecule has 0 bridgehead atoms. The molecule has 8 N–H and O–H groups in total. The van der Waals surface area contributed by atoms with Gasteiger partial charge in [0.1, 0.15) is 17.1 Å². The molecule has 1 aliphatic carbocycles. The Morgan fingerprint density at radius 1 is 0.621 bits per heavy atom. The van der Waals surface area contributed by atoms with E-state index in [-0.39, 0.29) is 73.5 Å². The normalized spacial score (nSPS) is 10.9. The summed E-state index contributed by atoms with van der Waals surface area (Å²) in [6.07, 6.45) is 6.05. The van der Waals surface area contributed by atoms with Gasteiger partial charge in [0.2, 0.25) is 29.5 Å². The molecule has 0 radical (unpaired) electrons.